The maximum atomic E-state index is 10.7. The van der Waals surface area contributed by atoms with Crippen LogP contribution in [0.5, 0.6) is 0 Å². The summed E-state index contributed by atoms with van der Waals surface area (Å²) in [5.41, 5.74) is -0.217. The number of sulfonamides is 1. The third-order valence-electron chi connectivity index (χ3n) is 1.61. The molecule has 0 aromatic carbocycles. The predicted molar refractivity (Wildman–Crippen MR) is 64.6 cm³/mol. The van der Waals surface area contributed by atoms with Gasteiger partial charge in [0.15, 0.2) is 0 Å². The van der Waals surface area contributed by atoms with E-state index in [-0.39, 0.29) is 22.2 Å². The van der Waals surface area contributed by atoms with E-state index in [0.717, 1.165) is 24.0 Å². The molecule has 0 amide bonds. The van der Waals surface area contributed by atoms with Gasteiger partial charge < -0.3 is 0 Å². The predicted octanol–water partition coefficient (Wildman–Crippen LogP) is 1.02. The number of rotatable bonds is 5. The molecular weight excluding hydrogens is 290 g/mol. The highest BCUT2D eigenvalue weighted by Crippen LogP contribution is 2.27. The van der Waals surface area contributed by atoms with Crippen LogP contribution in [0.4, 0.5) is 5.69 Å². The summed E-state index contributed by atoms with van der Waals surface area (Å²) in [7, 11) is -3.53. The van der Waals surface area contributed by atoms with Crippen molar-refractivity contribution < 1.29 is 13.3 Å². The Balaban J connectivity index is 2.70. The summed E-state index contributed by atoms with van der Waals surface area (Å²) in [5, 5.41) is 15.7. The molecule has 94 valence electrons. The van der Waals surface area contributed by atoms with E-state index in [1.54, 1.807) is 0 Å². The lowest BCUT2D eigenvalue weighted by molar-refractivity contribution is -0.385. The van der Waals surface area contributed by atoms with Crippen LogP contribution in [0.15, 0.2) is 17.3 Å². The van der Waals surface area contributed by atoms with Crippen LogP contribution in [0.2, 0.25) is 5.02 Å². The molecule has 0 radical (unpaired) electrons. The second kappa shape index (κ2) is 5.63. The number of nitrogens with two attached hydrogens (primary N) is 1. The molecule has 10 heteroatoms. The fourth-order valence-corrected chi connectivity index (χ4v) is 2.98. The topological polar surface area (TPSA) is 116 Å². The number of pyridine rings is 1. The van der Waals surface area contributed by atoms with Gasteiger partial charge in [0, 0.05) is 11.8 Å². The Kier molecular flexibility index (Phi) is 4.69. The molecule has 0 unspecified atom stereocenters. The van der Waals surface area contributed by atoms with Gasteiger partial charge in [0.2, 0.25) is 10.0 Å². The minimum atomic E-state index is -3.53. The average molecular weight is 298 g/mol. The van der Waals surface area contributed by atoms with Crippen molar-refractivity contribution in [2.45, 2.75) is 5.03 Å². The van der Waals surface area contributed by atoms with Crippen molar-refractivity contribution in [3.63, 3.8) is 0 Å². The van der Waals surface area contributed by atoms with E-state index < -0.39 is 14.9 Å². The van der Waals surface area contributed by atoms with Crippen LogP contribution in [0, 0.1) is 10.1 Å². The van der Waals surface area contributed by atoms with Crippen LogP contribution in [-0.2, 0) is 10.0 Å². The minimum absolute atomic E-state index is 0.110. The Morgan fingerprint density at radius 1 is 1.59 bits per heavy atom. The molecule has 0 aliphatic heterocycles. The second-order valence-corrected chi connectivity index (χ2v) is 6.18. The SMILES string of the molecule is NS(=O)(=O)CCSc1ncc([N+](=O)[O-])cc1Cl. The molecule has 0 aliphatic carbocycles. The first-order chi connectivity index (χ1) is 7.79. The molecule has 1 aromatic heterocycles. The Morgan fingerprint density at radius 2 is 2.24 bits per heavy atom. The summed E-state index contributed by atoms with van der Waals surface area (Å²) in [5.74, 6) is -0.0317. The lowest BCUT2D eigenvalue weighted by Crippen LogP contribution is -2.17. The molecule has 7 nitrogen and oxygen atoms in total. The lowest BCUT2D eigenvalue weighted by Gasteiger charge is -2.02. The van der Waals surface area contributed by atoms with Crippen molar-refractivity contribution in [1.29, 1.82) is 0 Å². The number of hydrogen-bond donors (Lipinski definition) is 1. The van der Waals surface area contributed by atoms with Gasteiger partial charge in [-0.05, 0) is 0 Å². The standard InChI is InChI=1S/C7H8ClN3O4S2/c8-6-3-5(11(12)13)4-10-7(6)16-1-2-17(9,14)15/h3-4H,1-2H2,(H2,9,14,15). The summed E-state index contributed by atoms with van der Waals surface area (Å²) in [6, 6.07) is 1.16. The van der Waals surface area contributed by atoms with Crippen molar-refractivity contribution in [3.8, 4) is 0 Å². The highest BCUT2D eigenvalue weighted by atomic mass is 35.5. The smallest absolute Gasteiger partial charge is 0.258 e. The molecular formula is C7H8ClN3O4S2. The molecule has 1 heterocycles. The molecule has 0 spiro atoms. The van der Waals surface area contributed by atoms with Gasteiger partial charge in [-0.1, -0.05) is 11.6 Å². The third kappa shape index (κ3) is 4.86. The van der Waals surface area contributed by atoms with Gasteiger partial charge in [0.1, 0.15) is 11.2 Å². The number of primary sulfonamides is 1. The van der Waals surface area contributed by atoms with Crippen LogP contribution in [0.25, 0.3) is 0 Å². The Labute approximate surface area is 107 Å². The third-order valence-corrected chi connectivity index (χ3v) is 4.05. The Morgan fingerprint density at radius 3 is 2.71 bits per heavy atom. The second-order valence-electron chi connectivity index (χ2n) is 2.95. The van der Waals surface area contributed by atoms with Crippen molar-refractivity contribution in [2.75, 3.05) is 11.5 Å². The quantitative estimate of drug-likeness (QED) is 0.493. The maximum absolute atomic E-state index is 10.7. The Hall–Kier alpha value is -0.900. The van der Waals surface area contributed by atoms with Gasteiger partial charge in [0.05, 0.1) is 15.7 Å². The number of thioether (sulfide) groups is 1. The molecule has 1 aromatic rings. The first-order valence-electron chi connectivity index (χ1n) is 4.23. The van der Waals surface area contributed by atoms with Crippen molar-refractivity contribution >= 4 is 39.1 Å². The molecule has 0 aliphatic rings. The molecule has 2 N–H and O–H groups in total. The molecule has 0 saturated carbocycles. The first-order valence-corrected chi connectivity index (χ1v) is 7.31. The monoisotopic (exact) mass is 297 g/mol. The molecule has 0 fully saturated rings. The fourth-order valence-electron chi connectivity index (χ4n) is 0.876. The molecule has 1 rings (SSSR count). The summed E-state index contributed by atoms with van der Waals surface area (Å²) in [6.45, 7) is 0. The van der Waals surface area contributed by atoms with E-state index in [4.69, 9.17) is 16.7 Å². The van der Waals surface area contributed by atoms with Gasteiger partial charge in [-0.15, -0.1) is 11.8 Å². The average Bonchev–Trinajstić information content (AvgIpc) is 2.18. The van der Waals surface area contributed by atoms with Crippen LogP contribution in [-0.4, -0.2) is 29.8 Å². The molecule has 0 atom stereocenters. The van der Waals surface area contributed by atoms with Crippen LogP contribution in [0.1, 0.15) is 0 Å². The number of aromatic nitrogens is 1. The van der Waals surface area contributed by atoms with Gasteiger partial charge in [-0.25, -0.2) is 18.5 Å². The largest absolute Gasteiger partial charge is 0.289 e. The van der Waals surface area contributed by atoms with E-state index in [1.165, 1.54) is 0 Å². The summed E-state index contributed by atoms with van der Waals surface area (Å²) < 4.78 is 21.3. The summed E-state index contributed by atoms with van der Waals surface area (Å²) in [6.07, 6.45) is 1.06. The Bertz CT molecular complexity index is 534. The van der Waals surface area contributed by atoms with Gasteiger partial charge in [0.25, 0.3) is 5.69 Å². The highest BCUT2D eigenvalue weighted by Gasteiger charge is 2.12. The molecule has 0 saturated heterocycles. The molecule has 0 bridgehead atoms. The van der Waals surface area contributed by atoms with E-state index in [0.29, 0.717) is 5.03 Å². The summed E-state index contributed by atoms with van der Waals surface area (Å²) >= 11 is 6.82. The normalized spacial score (nSPS) is 11.4. The zero-order chi connectivity index (χ0) is 13.1. The number of nitrogens with zero attached hydrogens (tertiary/aromatic N) is 2. The van der Waals surface area contributed by atoms with E-state index >= 15 is 0 Å². The van der Waals surface area contributed by atoms with Crippen LogP contribution >= 0.6 is 23.4 Å². The minimum Gasteiger partial charge on any atom is -0.258 e. The zero-order valence-corrected chi connectivity index (χ0v) is 10.8. The number of nitro groups is 1. The van der Waals surface area contributed by atoms with Crippen LogP contribution in [0.3, 0.4) is 0 Å². The summed E-state index contributed by atoms with van der Waals surface area (Å²) in [4.78, 5) is 13.6. The number of halogens is 1. The van der Waals surface area contributed by atoms with Crippen LogP contribution < -0.4 is 5.14 Å². The zero-order valence-electron chi connectivity index (χ0n) is 8.37. The van der Waals surface area contributed by atoms with Crippen molar-refractivity contribution in [1.82, 2.24) is 4.98 Å². The van der Waals surface area contributed by atoms with Crippen molar-refractivity contribution in [2.24, 2.45) is 5.14 Å². The van der Waals surface area contributed by atoms with Crippen molar-refractivity contribution in [3.05, 3.63) is 27.4 Å². The van der Waals surface area contributed by atoms with E-state index in [2.05, 4.69) is 4.98 Å². The van der Waals surface area contributed by atoms with E-state index in [9.17, 15) is 18.5 Å². The highest BCUT2D eigenvalue weighted by molar-refractivity contribution is 8.00. The van der Waals surface area contributed by atoms with Gasteiger partial charge in [-0.3, -0.25) is 10.1 Å². The van der Waals surface area contributed by atoms with E-state index in [1.807, 2.05) is 0 Å². The fraction of sp³-hybridized carbons (Fsp3) is 0.286. The van der Waals surface area contributed by atoms with Gasteiger partial charge in [-0.2, -0.15) is 0 Å². The molecule has 17 heavy (non-hydrogen) atoms. The number of hydrogen-bond acceptors (Lipinski definition) is 6. The van der Waals surface area contributed by atoms with Gasteiger partial charge >= 0.3 is 0 Å². The first kappa shape index (κ1) is 14.2. The maximum Gasteiger partial charge on any atom is 0.289 e. The lowest BCUT2D eigenvalue weighted by atomic mass is 10.4.